The van der Waals surface area contributed by atoms with Crippen LogP contribution in [0, 0.1) is 0 Å². The van der Waals surface area contributed by atoms with Crippen LogP contribution in [0.2, 0.25) is 0 Å². The lowest BCUT2D eigenvalue weighted by molar-refractivity contribution is 0.0141. The van der Waals surface area contributed by atoms with Gasteiger partial charge >= 0.3 is 0 Å². The van der Waals surface area contributed by atoms with E-state index in [9.17, 15) is 0 Å². The van der Waals surface area contributed by atoms with Gasteiger partial charge in [-0.2, -0.15) is 0 Å². The number of morpholine rings is 1. The van der Waals surface area contributed by atoms with E-state index in [1.54, 1.807) is 0 Å². The van der Waals surface area contributed by atoms with Crippen LogP contribution in [0.3, 0.4) is 0 Å². The number of nitrogens with zero attached hydrogens (tertiary/aromatic N) is 2. The molecule has 0 aliphatic carbocycles. The molecular weight excluding hydrogens is 176 g/mol. The van der Waals surface area contributed by atoms with Crippen molar-refractivity contribution in [2.24, 2.45) is 0 Å². The van der Waals surface area contributed by atoms with E-state index in [-0.39, 0.29) is 0 Å². The molecule has 0 radical (unpaired) electrons. The molecule has 1 aliphatic rings. The van der Waals surface area contributed by atoms with Gasteiger partial charge in [0.1, 0.15) is 0 Å². The highest BCUT2D eigenvalue weighted by Gasteiger charge is 2.12. The van der Waals surface area contributed by atoms with Crippen molar-refractivity contribution < 1.29 is 4.74 Å². The minimum absolute atomic E-state index is 0.857. The van der Waals surface area contributed by atoms with Gasteiger partial charge < -0.3 is 4.74 Å². The first-order valence-electron chi connectivity index (χ1n) is 5.11. The summed E-state index contributed by atoms with van der Waals surface area (Å²) in [5.74, 6) is 0. The largest absolute Gasteiger partial charge is 0.379 e. The van der Waals surface area contributed by atoms with Crippen molar-refractivity contribution in [2.75, 3.05) is 46.1 Å². The van der Waals surface area contributed by atoms with Crippen LogP contribution in [0.15, 0.2) is 25.3 Å². The van der Waals surface area contributed by atoms with Gasteiger partial charge in [-0.25, -0.2) is 0 Å². The van der Waals surface area contributed by atoms with Crippen LogP contribution < -0.4 is 0 Å². The molecule has 1 fully saturated rings. The number of rotatable bonds is 6. The normalized spacial score (nSPS) is 18.4. The highest BCUT2D eigenvalue weighted by Crippen LogP contribution is 1.99. The molecule has 80 valence electrons. The van der Waals surface area contributed by atoms with Gasteiger partial charge in [-0.15, -0.1) is 13.2 Å². The van der Waals surface area contributed by atoms with Gasteiger partial charge in [0.05, 0.1) is 19.9 Å². The third kappa shape index (κ3) is 4.05. The molecule has 14 heavy (non-hydrogen) atoms. The molecule has 1 aliphatic heterocycles. The van der Waals surface area contributed by atoms with Gasteiger partial charge in [0, 0.05) is 26.2 Å². The number of ether oxygens (including phenoxy) is 1. The van der Waals surface area contributed by atoms with Gasteiger partial charge in [0.25, 0.3) is 0 Å². The standard InChI is InChI=1S/C11H20N2O/c1-3-5-12(6-4-2)11-13-7-9-14-10-8-13/h3-4H,1-2,5-11H2. The van der Waals surface area contributed by atoms with Crippen molar-refractivity contribution in [3.8, 4) is 0 Å². The molecule has 0 N–H and O–H groups in total. The summed E-state index contributed by atoms with van der Waals surface area (Å²) in [6, 6.07) is 0. The maximum atomic E-state index is 5.30. The second-order valence-electron chi connectivity index (χ2n) is 3.49. The predicted molar refractivity (Wildman–Crippen MR) is 59.2 cm³/mol. The van der Waals surface area contributed by atoms with Crippen molar-refractivity contribution in [1.29, 1.82) is 0 Å². The molecular formula is C11H20N2O. The molecule has 0 aromatic rings. The summed E-state index contributed by atoms with van der Waals surface area (Å²) in [7, 11) is 0. The molecule has 0 amide bonds. The highest BCUT2D eigenvalue weighted by atomic mass is 16.5. The molecule has 0 aromatic carbocycles. The fourth-order valence-electron chi connectivity index (χ4n) is 1.58. The summed E-state index contributed by atoms with van der Waals surface area (Å²) in [6.45, 7) is 14.1. The maximum Gasteiger partial charge on any atom is 0.0594 e. The van der Waals surface area contributed by atoms with Crippen LogP contribution in [0.25, 0.3) is 0 Å². The fraction of sp³-hybridized carbons (Fsp3) is 0.636. The highest BCUT2D eigenvalue weighted by molar-refractivity contribution is 4.80. The molecule has 1 saturated heterocycles. The Morgan fingerprint density at radius 1 is 1.14 bits per heavy atom. The Kier molecular flexibility index (Phi) is 5.52. The van der Waals surface area contributed by atoms with Gasteiger partial charge in [-0.1, -0.05) is 12.2 Å². The minimum Gasteiger partial charge on any atom is -0.379 e. The molecule has 0 bridgehead atoms. The summed E-state index contributed by atoms with van der Waals surface area (Å²) in [6.07, 6.45) is 3.87. The summed E-state index contributed by atoms with van der Waals surface area (Å²) in [4.78, 5) is 4.71. The molecule has 0 atom stereocenters. The molecule has 3 heteroatoms. The van der Waals surface area contributed by atoms with Crippen LogP contribution in [-0.2, 0) is 4.74 Å². The Morgan fingerprint density at radius 3 is 2.21 bits per heavy atom. The molecule has 1 rings (SSSR count). The van der Waals surface area contributed by atoms with Crippen molar-refractivity contribution in [3.63, 3.8) is 0 Å². The lowest BCUT2D eigenvalue weighted by atomic mass is 10.4. The zero-order valence-electron chi connectivity index (χ0n) is 8.82. The van der Waals surface area contributed by atoms with Crippen LogP contribution >= 0.6 is 0 Å². The second kappa shape index (κ2) is 6.76. The predicted octanol–water partition coefficient (Wildman–Crippen LogP) is 0.950. The van der Waals surface area contributed by atoms with Crippen molar-refractivity contribution in [1.82, 2.24) is 9.80 Å². The molecule has 0 spiro atoms. The molecule has 1 heterocycles. The summed E-state index contributed by atoms with van der Waals surface area (Å²) in [5.41, 5.74) is 0. The van der Waals surface area contributed by atoms with Gasteiger partial charge in [0.2, 0.25) is 0 Å². The first kappa shape index (κ1) is 11.4. The maximum absolute atomic E-state index is 5.30. The molecule has 0 unspecified atom stereocenters. The Balaban J connectivity index is 2.28. The molecule has 0 saturated carbocycles. The van der Waals surface area contributed by atoms with Crippen molar-refractivity contribution >= 4 is 0 Å². The average molecular weight is 196 g/mol. The SMILES string of the molecule is C=CCN(CC=C)CN1CCOCC1. The van der Waals surface area contributed by atoms with E-state index < -0.39 is 0 Å². The van der Waals surface area contributed by atoms with E-state index in [1.165, 1.54) is 0 Å². The van der Waals surface area contributed by atoms with Crippen LogP contribution in [0.5, 0.6) is 0 Å². The van der Waals surface area contributed by atoms with E-state index in [4.69, 9.17) is 4.74 Å². The zero-order valence-corrected chi connectivity index (χ0v) is 8.82. The first-order chi connectivity index (χ1) is 6.86. The van der Waals surface area contributed by atoms with E-state index in [2.05, 4.69) is 23.0 Å². The lowest BCUT2D eigenvalue weighted by Crippen LogP contribution is -2.44. The third-order valence-electron chi connectivity index (χ3n) is 2.28. The topological polar surface area (TPSA) is 15.7 Å². The second-order valence-corrected chi connectivity index (χ2v) is 3.49. The van der Waals surface area contributed by atoms with E-state index in [0.29, 0.717) is 0 Å². The smallest absolute Gasteiger partial charge is 0.0594 e. The zero-order chi connectivity index (χ0) is 10.2. The fourth-order valence-corrected chi connectivity index (χ4v) is 1.58. The minimum atomic E-state index is 0.857. The first-order valence-corrected chi connectivity index (χ1v) is 5.11. The summed E-state index contributed by atoms with van der Waals surface area (Å²) >= 11 is 0. The molecule has 3 nitrogen and oxygen atoms in total. The monoisotopic (exact) mass is 196 g/mol. The van der Waals surface area contributed by atoms with Gasteiger partial charge in [-0.05, 0) is 0 Å². The average Bonchev–Trinajstić information content (AvgIpc) is 2.20. The van der Waals surface area contributed by atoms with Crippen LogP contribution in [0.1, 0.15) is 0 Å². The van der Waals surface area contributed by atoms with Crippen molar-refractivity contribution in [3.05, 3.63) is 25.3 Å². The Hall–Kier alpha value is -0.640. The van der Waals surface area contributed by atoms with Gasteiger partial charge in [-0.3, -0.25) is 9.80 Å². The Bertz CT molecular complexity index is 166. The van der Waals surface area contributed by atoms with Gasteiger partial charge in [0.15, 0.2) is 0 Å². The van der Waals surface area contributed by atoms with Crippen molar-refractivity contribution in [2.45, 2.75) is 0 Å². The van der Waals surface area contributed by atoms with Crippen LogP contribution in [-0.4, -0.2) is 55.9 Å². The van der Waals surface area contributed by atoms with E-state index in [0.717, 1.165) is 46.1 Å². The van der Waals surface area contributed by atoms with E-state index >= 15 is 0 Å². The molecule has 0 aromatic heterocycles. The van der Waals surface area contributed by atoms with Crippen LogP contribution in [0.4, 0.5) is 0 Å². The quantitative estimate of drug-likeness (QED) is 0.588. The Labute approximate surface area is 86.6 Å². The number of hydrogen-bond acceptors (Lipinski definition) is 3. The summed E-state index contributed by atoms with van der Waals surface area (Å²) in [5, 5.41) is 0. The Morgan fingerprint density at radius 2 is 1.71 bits per heavy atom. The van der Waals surface area contributed by atoms with E-state index in [1.807, 2.05) is 12.2 Å². The third-order valence-corrected chi connectivity index (χ3v) is 2.28. The lowest BCUT2D eigenvalue weighted by Gasteiger charge is -2.31. The number of hydrogen-bond donors (Lipinski definition) is 0. The summed E-state index contributed by atoms with van der Waals surface area (Å²) < 4.78 is 5.30.